The van der Waals surface area contributed by atoms with E-state index in [0.717, 1.165) is 5.56 Å². The zero-order valence-electron chi connectivity index (χ0n) is 10.0. The minimum Gasteiger partial charge on any atom is -1.00 e. The van der Waals surface area contributed by atoms with E-state index in [-0.39, 0.29) is 36.4 Å². The Labute approximate surface area is 111 Å². The Morgan fingerprint density at radius 2 is 1.64 bits per heavy atom. The summed E-state index contributed by atoms with van der Waals surface area (Å²) < 4.78 is 21.1. The number of benzene rings is 1. The van der Waals surface area contributed by atoms with Crippen LogP contribution in [0.3, 0.4) is 0 Å². The molecule has 0 fully saturated rings. The molecule has 0 aliphatic heterocycles. The van der Waals surface area contributed by atoms with Gasteiger partial charge in [-0.2, -0.15) is 0 Å². The maximum absolute atomic E-state index is 10.6. The Balaban J connectivity index is 0. The van der Waals surface area contributed by atoms with Crippen LogP contribution < -0.4 is 29.6 Å². The molecule has 4 heteroatoms. The molecular formula is C10H14NaO2S-. The van der Waals surface area contributed by atoms with Crippen molar-refractivity contribution >= 4 is 11.1 Å². The van der Waals surface area contributed by atoms with Crippen LogP contribution in [-0.2, 0) is 16.5 Å². The van der Waals surface area contributed by atoms with Gasteiger partial charge < -0.3 is 5.98 Å². The Kier molecular flexibility index (Phi) is 5.55. The van der Waals surface area contributed by atoms with E-state index in [1.165, 1.54) is 0 Å². The smallest absolute Gasteiger partial charge is 1.00 e. The monoisotopic (exact) mass is 221 g/mol. The van der Waals surface area contributed by atoms with Crippen molar-refractivity contribution in [2.45, 2.75) is 31.1 Å². The molecule has 0 saturated carbocycles. The largest absolute Gasteiger partial charge is 1.00 e. The molecule has 1 rings (SSSR count). The summed E-state index contributed by atoms with van der Waals surface area (Å²) in [4.78, 5) is 0.341. The molecule has 0 spiro atoms. The second-order valence-electron chi connectivity index (χ2n) is 4.01. The first kappa shape index (κ1) is 14.3. The molecule has 1 unspecified atom stereocenters. The van der Waals surface area contributed by atoms with E-state index in [2.05, 4.69) is 20.8 Å². The molecule has 0 saturated heterocycles. The summed E-state index contributed by atoms with van der Waals surface area (Å²) in [5.41, 5.74) is 1.21. The van der Waals surface area contributed by atoms with Crippen LogP contribution in [0, 0.1) is 0 Å². The molecule has 0 amide bonds. The van der Waals surface area contributed by atoms with Crippen LogP contribution in [0.5, 0.6) is 0 Å². The zero-order valence-corrected chi connectivity index (χ0v) is 11.9. The standard InChI is InChI=1S/C10H14O2S.Na.H/c1-10(2,3)8-4-6-9(7-5-8)13(11)12;;/h4-7H,1-3H3,(H,11,12);;/q;+1;-1/p-1. The number of hydrogen-bond acceptors (Lipinski definition) is 2. The van der Waals surface area contributed by atoms with Gasteiger partial charge in [0.15, 0.2) is 0 Å². The summed E-state index contributed by atoms with van der Waals surface area (Å²) in [7, 11) is 0. The molecule has 0 bridgehead atoms. The van der Waals surface area contributed by atoms with Crippen LogP contribution in [0.15, 0.2) is 29.2 Å². The normalized spacial score (nSPS) is 13.1. The third-order valence-electron chi connectivity index (χ3n) is 1.91. The van der Waals surface area contributed by atoms with E-state index in [0.29, 0.717) is 4.90 Å². The molecule has 74 valence electrons. The van der Waals surface area contributed by atoms with E-state index in [9.17, 15) is 8.76 Å². The van der Waals surface area contributed by atoms with E-state index < -0.39 is 11.1 Å². The maximum atomic E-state index is 10.6. The summed E-state index contributed by atoms with van der Waals surface area (Å²) in [5, 5.41) is 0. The molecule has 0 heterocycles. The van der Waals surface area contributed by atoms with Crippen molar-refractivity contribution in [1.82, 2.24) is 0 Å². The molecule has 1 aromatic rings. The topological polar surface area (TPSA) is 40.1 Å². The van der Waals surface area contributed by atoms with E-state index in [1.54, 1.807) is 12.1 Å². The van der Waals surface area contributed by atoms with Crippen molar-refractivity contribution in [2.75, 3.05) is 0 Å². The van der Waals surface area contributed by atoms with Crippen LogP contribution in [0.1, 0.15) is 27.8 Å². The average molecular weight is 221 g/mol. The molecule has 1 atom stereocenters. The van der Waals surface area contributed by atoms with Gasteiger partial charge in [-0.25, -0.2) is 0 Å². The van der Waals surface area contributed by atoms with Gasteiger partial charge in [0.25, 0.3) is 0 Å². The fourth-order valence-electron chi connectivity index (χ4n) is 1.07. The second kappa shape index (κ2) is 5.42. The van der Waals surface area contributed by atoms with Gasteiger partial charge in [0, 0.05) is 4.90 Å². The van der Waals surface area contributed by atoms with E-state index in [4.69, 9.17) is 0 Å². The molecular weight excluding hydrogens is 207 g/mol. The minimum absolute atomic E-state index is 0. The fraction of sp³-hybridized carbons (Fsp3) is 0.400. The van der Waals surface area contributed by atoms with Crippen LogP contribution in [-0.4, -0.2) is 8.76 Å². The van der Waals surface area contributed by atoms with Gasteiger partial charge in [0.1, 0.15) is 0 Å². The first-order valence-corrected chi connectivity index (χ1v) is 5.18. The number of hydrogen-bond donors (Lipinski definition) is 0. The van der Waals surface area contributed by atoms with Gasteiger partial charge in [-0.3, -0.25) is 4.21 Å². The van der Waals surface area contributed by atoms with Crippen molar-refractivity contribution in [2.24, 2.45) is 0 Å². The molecule has 0 radical (unpaired) electrons. The first-order valence-electron chi connectivity index (χ1n) is 4.11. The quantitative estimate of drug-likeness (QED) is 0.466. The maximum Gasteiger partial charge on any atom is 1.00 e. The summed E-state index contributed by atoms with van der Waals surface area (Å²) in [6.07, 6.45) is 0. The van der Waals surface area contributed by atoms with Gasteiger partial charge >= 0.3 is 29.6 Å². The zero-order chi connectivity index (χ0) is 10.1. The van der Waals surface area contributed by atoms with Gasteiger partial charge in [0.05, 0.1) is 0 Å². The van der Waals surface area contributed by atoms with Crippen molar-refractivity contribution in [3.05, 3.63) is 29.8 Å². The van der Waals surface area contributed by atoms with Crippen molar-refractivity contribution in [3.8, 4) is 0 Å². The van der Waals surface area contributed by atoms with Crippen molar-refractivity contribution in [3.63, 3.8) is 0 Å². The van der Waals surface area contributed by atoms with Gasteiger partial charge in [-0.1, -0.05) is 32.9 Å². The predicted molar refractivity (Wildman–Crippen MR) is 53.4 cm³/mol. The molecule has 0 aliphatic carbocycles. The second-order valence-corrected chi connectivity index (χ2v) is 4.95. The van der Waals surface area contributed by atoms with Crippen molar-refractivity contribution in [1.29, 1.82) is 0 Å². The van der Waals surface area contributed by atoms with Crippen LogP contribution in [0.4, 0.5) is 0 Å². The van der Waals surface area contributed by atoms with E-state index >= 15 is 0 Å². The van der Waals surface area contributed by atoms with Gasteiger partial charge in [-0.05, 0) is 34.2 Å². The SMILES string of the molecule is CC(C)(C)c1ccc(S(=O)[O-])cc1.[H-].[Na+]. The van der Waals surface area contributed by atoms with Crippen LogP contribution >= 0.6 is 0 Å². The van der Waals surface area contributed by atoms with E-state index in [1.807, 2.05) is 12.1 Å². The Hall–Kier alpha value is 0.330. The molecule has 0 N–H and O–H groups in total. The van der Waals surface area contributed by atoms with Crippen LogP contribution in [0.2, 0.25) is 0 Å². The fourth-order valence-corrected chi connectivity index (χ4v) is 1.42. The number of rotatable bonds is 1. The average Bonchev–Trinajstić information content (AvgIpc) is 2.03. The summed E-state index contributed by atoms with van der Waals surface area (Å²) in [5.74, 6) is 0. The van der Waals surface area contributed by atoms with Gasteiger partial charge in [0.2, 0.25) is 0 Å². The van der Waals surface area contributed by atoms with Gasteiger partial charge in [-0.15, -0.1) is 0 Å². The molecule has 2 nitrogen and oxygen atoms in total. The molecule has 14 heavy (non-hydrogen) atoms. The first-order chi connectivity index (χ1) is 5.91. The molecule has 0 aliphatic rings. The third-order valence-corrected chi connectivity index (χ3v) is 2.57. The summed E-state index contributed by atoms with van der Waals surface area (Å²) >= 11 is -2.11. The third kappa shape index (κ3) is 3.83. The summed E-state index contributed by atoms with van der Waals surface area (Å²) in [6.45, 7) is 6.28. The molecule has 1 aromatic carbocycles. The Morgan fingerprint density at radius 3 is 1.93 bits per heavy atom. The Bertz CT molecular complexity index is 319. The Morgan fingerprint density at radius 1 is 1.21 bits per heavy atom. The van der Waals surface area contributed by atoms with Crippen molar-refractivity contribution < 1.29 is 39.7 Å². The minimum atomic E-state index is -2.11. The predicted octanol–water partition coefficient (Wildman–Crippen LogP) is -0.661. The molecule has 0 aromatic heterocycles. The van der Waals surface area contributed by atoms with Crippen LogP contribution in [0.25, 0.3) is 0 Å². The summed E-state index contributed by atoms with van der Waals surface area (Å²) in [6, 6.07) is 6.96.